The van der Waals surface area contributed by atoms with Gasteiger partial charge in [0, 0.05) is 35.1 Å². The molecule has 0 spiro atoms. The van der Waals surface area contributed by atoms with Crippen LogP contribution in [-0.2, 0) is 16.4 Å². The van der Waals surface area contributed by atoms with Crippen molar-refractivity contribution in [3.63, 3.8) is 0 Å². The number of nitrogens with zero attached hydrogens (tertiary/aromatic N) is 2. The number of hydrogen-bond acceptors (Lipinski definition) is 5. The third kappa shape index (κ3) is 3.99. The van der Waals surface area contributed by atoms with E-state index in [9.17, 15) is 23.3 Å². The lowest BCUT2D eigenvalue weighted by Gasteiger charge is -2.17. The third-order valence-corrected chi connectivity index (χ3v) is 6.58. The SMILES string of the molecule is Cc1ccc(S(=O)(=O)Nc2ccc(C(=O)N3CCc4ccccc43)cc2)cc1[N+](=O)[O-]. The predicted molar refractivity (Wildman–Crippen MR) is 117 cm³/mol. The van der Waals surface area contributed by atoms with Crippen molar-refractivity contribution < 1.29 is 18.1 Å². The number of hydrogen-bond donors (Lipinski definition) is 1. The van der Waals surface area contributed by atoms with Crippen LogP contribution in [0.3, 0.4) is 0 Å². The molecule has 3 aromatic carbocycles. The van der Waals surface area contributed by atoms with Crippen LogP contribution in [0.1, 0.15) is 21.5 Å². The van der Waals surface area contributed by atoms with Crippen LogP contribution in [0, 0.1) is 17.0 Å². The van der Waals surface area contributed by atoms with Crippen LogP contribution >= 0.6 is 0 Å². The first-order chi connectivity index (χ1) is 14.8. The summed E-state index contributed by atoms with van der Waals surface area (Å²) >= 11 is 0. The van der Waals surface area contributed by atoms with Crippen LogP contribution in [0.15, 0.2) is 71.6 Å². The zero-order valence-electron chi connectivity index (χ0n) is 16.6. The van der Waals surface area contributed by atoms with Gasteiger partial charge in [0.05, 0.1) is 9.82 Å². The molecule has 8 nitrogen and oxygen atoms in total. The van der Waals surface area contributed by atoms with Crippen molar-refractivity contribution in [1.82, 2.24) is 0 Å². The number of nitro groups is 1. The maximum absolute atomic E-state index is 12.9. The van der Waals surface area contributed by atoms with Gasteiger partial charge in [-0.1, -0.05) is 24.3 Å². The number of nitrogens with one attached hydrogen (secondary N) is 1. The van der Waals surface area contributed by atoms with E-state index in [4.69, 9.17) is 0 Å². The lowest BCUT2D eigenvalue weighted by Crippen LogP contribution is -2.28. The van der Waals surface area contributed by atoms with Crippen LogP contribution in [0.4, 0.5) is 17.1 Å². The van der Waals surface area contributed by atoms with Crippen molar-refractivity contribution in [2.24, 2.45) is 0 Å². The number of sulfonamides is 1. The summed E-state index contributed by atoms with van der Waals surface area (Å²) in [7, 11) is -4.02. The van der Waals surface area contributed by atoms with Crippen molar-refractivity contribution >= 4 is 33.0 Å². The van der Waals surface area contributed by atoms with Crippen molar-refractivity contribution in [3.05, 3.63) is 93.5 Å². The van der Waals surface area contributed by atoms with Crippen molar-refractivity contribution in [2.45, 2.75) is 18.2 Å². The van der Waals surface area contributed by atoms with E-state index < -0.39 is 14.9 Å². The van der Waals surface area contributed by atoms with Gasteiger partial charge in [0.2, 0.25) is 0 Å². The molecule has 0 aromatic heterocycles. The van der Waals surface area contributed by atoms with Gasteiger partial charge in [0.15, 0.2) is 0 Å². The summed E-state index contributed by atoms with van der Waals surface area (Å²) in [5.74, 6) is -0.159. The first kappa shape index (κ1) is 20.5. The molecule has 4 rings (SSSR count). The number of para-hydroxylation sites is 1. The molecule has 0 aliphatic carbocycles. The number of carbonyl (C=O) groups excluding carboxylic acids is 1. The fourth-order valence-corrected chi connectivity index (χ4v) is 4.63. The highest BCUT2D eigenvalue weighted by molar-refractivity contribution is 7.92. The Morgan fingerprint density at radius 3 is 2.48 bits per heavy atom. The summed E-state index contributed by atoms with van der Waals surface area (Å²) in [6.45, 7) is 2.13. The fourth-order valence-electron chi connectivity index (χ4n) is 3.55. The Hall–Kier alpha value is -3.72. The van der Waals surface area contributed by atoms with E-state index in [1.165, 1.54) is 31.2 Å². The van der Waals surface area contributed by atoms with Crippen molar-refractivity contribution in [3.8, 4) is 0 Å². The number of carbonyl (C=O) groups is 1. The Balaban J connectivity index is 1.53. The molecule has 0 atom stereocenters. The second-order valence-corrected chi connectivity index (χ2v) is 8.91. The van der Waals surface area contributed by atoms with Gasteiger partial charge in [-0.25, -0.2) is 8.42 Å². The van der Waals surface area contributed by atoms with Gasteiger partial charge in [-0.2, -0.15) is 0 Å². The molecule has 1 aliphatic rings. The zero-order chi connectivity index (χ0) is 22.2. The van der Waals surface area contributed by atoms with E-state index in [0.717, 1.165) is 23.7 Å². The number of amides is 1. The van der Waals surface area contributed by atoms with Crippen molar-refractivity contribution in [2.75, 3.05) is 16.2 Å². The highest BCUT2D eigenvalue weighted by Gasteiger charge is 2.25. The molecular weight excluding hydrogens is 418 g/mol. The lowest BCUT2D eigenvalue weighted by molar-refractivity contribution is -0.385. The van der Waals surface area contributed by atoms with Gasteiger partial charge in [-0.05, 0) is 55.3 Å². The Bertz CT molecular complexity index is 1290. The van der Waals surface area contributed by atoms with Crippen LogP contribution in [0.5, 0.6) is 0 Å². The van der Waals surface area contributed by atoms with Crippen LogP contribution < -0.4 is 9.62 Å². The molecule has 3 aromatic rings. The molecule has 0 fully saturated rings. The summed E-state index contributed by atoms with van der Waals surface area (Å²) < 4.78 is 27.7. The zero-order valence-corrected chi connectivity index (χ0v) is 17.4. The number of fused-ring (bicyclic) bond motifs is 1. The number of anilines is 2. The molecule has 1 heterocycles. The number of benzene rings is 3. The number of nitro benzene ring substituents is 1. The summed E-state index contributed by atoms with van der Waals surface area (Å²) in [6, 6.07) is 17.6. The summed E-state index contributed by atoms with van der Waals surface area (Å²) in [5.41, 5.74) is 2.79. The minimum Gasteiger partial charge on any atom is -0.308 e. The Kier molecular flexibility index (Phi) is 5.20. The Morgan fingerprint density at radius 2 is 1.77 bits per heavy atom. The Labute approximate surface area is 179 Å². The summed E-state index contributed by atoms with van der Waals surface area (Å²) in [4.78, 5) is 24.9. The standard InChI is InChI=1S/C22H19N3O5S/c1-15-6-11-19(14-21(15)25(27)28)31(29,30)23-18-9-7-17(8-10-18)22(26)24-13-12-16-4-2-3-5-20(16)24/h2-11,14,23H,12-13H2,1H3. The molecule has 9 heteroatoms. The summed E-state index contributed by atoms with van der Waals surface area (Å²) in [6.07, 6.45) is 0.794. The fraction of sp³-hybridized carbons (Fsp3) is 0.136. The van der Waals surface area contributed by atoms with Crippen LogP contribution in [0.25, 0.3) is 0 Å². The maximum Gasteiger partial charge on any atom is 0.273 e. The molecule has 1 N–H and O–H groups in total. The third-order valence-electron chi connectivity index (χ3n) is 5.20. The van der Waals surface area contributed by atoms with Gasteiger partial charge in [0.25, 0.3) is 21.6 Å². The quantitative estimate of drug-likeness (QED) is 0.481. The van der Waals surface area contributed by atoms with Gasteiger partial charge >= 0.3 is 0 Å². The lowest BCUT2D eigenvalue weighted by atomic mass is 10.1. The van der Waals surface area contributed by atoms with Gasteiger partial charge in [-0.15, -0.1) is 0 Å². The first-order valence-corrected chi connectivity index (χ1v) is 11.0. The molecular formula is C22H19N3O5S. The van der Waals surface area contributed by atoms with E-state index in [2.05, 4.69) is 4.72 Å². The Morgan fingerprint density at radius 1 is 1.06 bits per heavy atom. The molecule has 0 bridgehead atoms. The highest BCUT2D eigenvalue weighted by Crippen LogP contribution is 2.29. The van der Waals surface area contributed by atoms with Gasteiger partial charge in [0.1, 0.15) is 0 Å². The van der Waals surface area contributed by atoms with Crippen LogP contribution in [0.2, 0.25) is 0 Å². The monoisotopic (exact) mass is 437 g/mol. The van der Waals surface area contributed by atoms with E-state index in [1.807, 2.05) is 24.3 Å². The normalized spacial score (nSPS) is 13.0. The first-order valence-electron chi connectivity index (χ1n) is 9.54. The minimum absolute atomic E-state index is 0.159. The highest BCUT2D eigenvalue weighted by atomic mass is 32.2. The second-order valence-electron chi connectivity index (χ2n) is 7.22. The number of rotatable bonds is 5. The van der Waals surface area contributed by atoms with E-state index in [0.29, 0.717) is 17.7 Å². The van der Waals surface area contributed by atoms with E-state index in [1.54, 1.807) is 17.0 Å². The van der Waals surface area contributed by atoms with Gasteiger partial charge in [-0.3, -0.25) is 19.6 Å². The van der Waals surface area contributed by atoms with E-state index in [-0.39, 0.29) is 22.2 Å². The second kappa shape index (κ2) is 7.84. The van der Waals surface area contributed by atoms with Crippen LogP contribution in [-0.4, -0.2) is 25.8 Å². The summed E-state index contributed by atoms with van der Waals surface area (Å²) in [5, 5.41) is 11.1. The molecule has 1 amide bonds. The molecule has 0 unspecified atom stereocenters. The molecule has 31 heavy (non-hydrogen) atoms. The van der Waals surface area contributed by atoms with Gasteiger partial charge < -0.3 is 4.90 Å². The average molecular weight is 437 g/mol. The minimum atomic E-state index is -4.02. The smallest absolute Gasteiger partial charge is 0.273 e. The molecule has 1 aliphatic heterocycles. The maximum atomic E-state index is 12.9. The predicted octanol–water partition coefficient (Wildman–Crippen LogP) is 3.91. The average Bonchev–Trinajstić information content (AvgIpc) is 3.17. The number of aryl methyl sites for hydroxylation is 1. The molecule has 158 valence electrons. The largest absolute Gasteiger partial charge is 0.308 e. The topological polar surface area (TPSA) is 110 Å². The van der Waals surface area contributed by atoms with Crippen molar-refractivity contribution in [1.29, 1.82) is 0 Å². The van der Waals surface area contributed by atoms with E-state index >= 15 is 0 Å². The molecule has 0 saturated carbocycles. The molecule has 0 radical (unpaired) electrons. The molecule has 0 saturated heterocycles.